The summed E-state index contributed by atoms with van der Waals surface area (Å²) >= 11 is 0. The quantitative estimate of drug-likeness (QED) is 0.705. The van der Waals surface area contributed by atoms with Crippen molar-refractivity contribution >= 4 is 0 Å². The average Bonchev–Trinajstić information content (AvgIpc) is 2.01. The molecule has 0 fully saturated rings. The molecule has 0 spiro atoms. The van der Waals surface area contributed by atoms with Crippen LogP contribution in [0.1, 0.15) is 12.5 Å². The van der Waals surface area contributed by atoms with Gasteiger partial charge in [0.05, 0.1) is 7.11 Å². The van der Waals surface area contributed by atoms with Gasteiger partial charge in [0.25, 0.3) is 0 Å². The van der Waals surface area contributed by atoms with Crippen LogP contribution in [0.4, 0.5) is 8.78 Å². The Morgan fingerprint density at radius 3 is 2.62 bits per heavy atom. The van der Waals surface area contributed by atoms with E-state index in [4.69, 9.17) is 4.74 Å². The minimum Gasteiger partial charge on any atom is -0.497 e. The van der Waals surface area contributed by atoms with E-state index in [1.54, 1.807) is 24.3 Å². The SMILES string of the molecule is COc1cccc(CC(C)(F)F)c1. The van der Waals surface area contributed by atoms with Crippen molar-refractivity contribution in [2.45, 2.75) is 19.3 Å². The molecule has 3 heteroatoms. The largest absolute Gasteiger partial charge is 0.497 e. The number of ether oxygens (including phenoxy) is 1. The zero-order valence-electron chi connectivity index (χ0n) is 7.68. The molecule has 13 heavy (non-hydrogen) atoms. The standard InChI is InChI=1S/C10H12F2O/c1-10(11,12)7-8-4-3-5-9(6-8)13-2/h3-6H,7H2,1-2H3. The molecule has 0 aromatic heterocycles. The first-order valence-electron chi connectivity index (χ1n) is 4.02. The van der Waals surface area contributed by atoms with E-state index in [0.717, 1.165) is 6.92 Å². The van der Waals surface area contributed by atoms with Gasteiger partial charge in [-0.1, -0.05) is 12.1 Å². The van der Waals surface area contributed by atoms with E-state index >= 15 is 0 Å². The van der Waals surface area contributed by atoms with Gasteiger partial charge in [0, 0.05) is 6.42 Å². The first kappa shape index (κ1) is 9.96. The zero-order valence-corrected chi connectivity index (χ0v) is 7.68. The molecule has 1 nitrogen and oxygen atoms in total. The van der Waals surface area contributed by atoms with Gasteiger partial charge < -0.3 is 4.74 Å². The van der Waals surface area contributed by atoms with Gasteiger partial charge in [-0.3, -0.25) is 0 Å². The van der Waals surface area contributed by atoms with Crippen LogP contribution in [0.2, 0.25) is 0 Å². The van der Waals surface area contributed by atoms with Gasteiger partial charge in [-0.2, -0.15) is 0 Å². The Kier molecular flexibility index (Phi) is 2.86. The molecule has 1 aromatic carbocycles. The van der Waals surface area contributed by atoms with E-state index in [-0.39, 0.29) is 6.42 Å². The van der Waals surface area contributed by atoms with Crippen LogP contribution in [0.3, 0.4) is 0 Å². The lowest BCUT2D eigenvalue weighted by Crippen LogP contribution is -2.13. The smallest absolute Gasteiger partial charge is 0.249 e. The van der Waals surface area contributed by atoms with Gasteiger partial charge in [-0.15, -0.1) is 0 Å². The van der Waals surface area contributed by atoms with Crippen molar-refractivity contribution in [1.29, 1.82) is 0 Å². The second-order valence-electron chi connectivity index (χ2n) is 3.10. The van der Waals surface area contributed by atoms with Gasteiger partial charge in [0.1, 0.15) is 5.75 Å². The van der Waals surface area contributed by atoms with Crippen molar-refractivity contribution in [2.75, 3.05) is 7.11 Å². The third-order valence-electron chi connectivity index (χ3n) is 1.65. The first-order chi connectivity index (χ1) is 6.01. The third-order valence-corrected chi connectivity index (χ3v) is 1.65. The highest BCUT2D eigenvalue weighted by molar-refractivity contribution is 5.28. The third kappa shape index (κ3) is 3.40. The van der Waals surface area contributed by atoms with Crippen LogP contribution in [0.25, 0.3) is 0 Å². The Hall–Kier alpha value is -1.12. The van der Waals surface area contributed by atoms with E-state index in [2.05, 4.69) is 0 Å². The normalized spacial score (nSPS) is 11.4. The molecule has 0 aliphatic heterocycles. The highest BCUT2D eigenvalue weighted by atomic mass is 19.3. The lowest BCUT2D eigenvalue weighted by Gasteiger charge is -2.10. The monoisotopic (exact) mass is 186 g/mol. The Morgan fingerprint density at radius 2 is 2.08 bits per heavy atom. The fraction of sp³-hybridized carbons (Fsp3) is 0.400. The van der Waals surface area contributed by atoms with E-state index in [1.165, 1.54) is 7.11 Å². The summed E-state index contributed by atoms with van der Waals surface area (Å²) in [5.41, 5.74) is 0.590. The van der Waals surface area contributed by atoms with E-state index < -0.39 is 5.92 Å². The van der Waals surface area contributed by atoms with Crippen molar-refractivity contribution in [3.63, 3.8) is 0 Å². The van der Waals surface area contributed by atoms with Crippen molar-refractivity contribution in [3.8, 4) is 5.75 Å². The Labute approximate surface area is 76.3 Å². The van der Waals surface area contributed by atoms with E-state index in [9.17, 15) is 8.78 Å². The molecule has 0 aliphatic carbocycles. The van der Waals surface area contributed by atoms with Crippen LogP contribution >= 0.6 is 0 Å². The number of alkyl halides is 2. The molecule has 1 rings (SSSR count). The van der Waals surface area contributed by atoms with Gasteiger partial charge in [0.2, 0.25) is 5.92 Å². The maximum absolute atomic E-state index is 12.6. The van der Waals surface area contributed by atoms with Crippen molar-refractivity contribution in [3.05, 3.63) is 29.8 Å². The number of halogens is 2. The summed E-state index contributed by atoms with van der Waals surface area (Å²) in [6.45, 7) is 0.909. The van der Waals surface area contributed by atoms with E-state index in [0.29, 0.717) is 11.3 Å². The minimum absolute atomic E-state index is 0.246. The predicted octanol–water partition coefficient (Wildman–Crippen LogP) is 2.89. The molecular weight excluding hydrogens is 174 g/mol. The van der Waals surface area contributed by atoms with Crippen LogP contribution < -0.4 is 4.74 Å². The maximum atomic E-state index is 12.6. The zero-order chi connectivity index (χ0) is 9.90. The minimum atomic E-state index is -2.66. The molecular formula is C10H12F2O. The highest BCUT2D eigenvalue weighted by Crippen LogP contribution is 2.21. The molecule has 0 bridgehead atoms. The van der Waals surface area contributed by atoms with Crippen molar-refractivity contribution in [1.82, 2.24) is 0 Å². The Balaban J connectivity index is 2.78. The van der Waals surface area contributed by atoms with Gasteiger partial charge in [0.15, 0.2) is 0 Å². The summed E-state index contributed by atoms with van der Waals surface area (Å²) in [7, 11) is 1.52. The molecule has 1 aromatic rings. The van der Waals surface area contributed by atoms with Crippen molar-refractivity contribution in [2.24, 2.45) is 0 Å². The summed E-state index contributed by atoms with van der Waals surface area (Å²) < 4.78 is 30.1. The lowest BCUT2D eigenvalue weighted by atomic mass is 10.1. The maximum Gasteiger partial charge on any atom is 0.249 e. The highest BCUT2D eigenvalue weighted by Gasteiger charge is 2.21. The fourth-order valence-electron chi connectivity index (χ4n) is 1.14. The summed E-state index contributed by atoms with van der Waals surface area (Å²) in [6, 6.07) is 6.73. The molecule has 0 N–H and O–H groups in total. The number of rotatable bonds is 3. The molecule has 0 aliphatic rings. The number of methoxy groups -OCH3 is 1. The second-order valence-corrected chi connectivity index (χ2v) is 3.10. The summed E-state index contributed by atoms with van der Waals surface area (Å²) in [4.78, 5) is 0. The van der Waals surface area contributed by atoms with Gasteiger partial charge >= 0.3 is 0 Å². The van der Waals surface area contributed by atoms with Crippen molar-refractivity contribution < 1.29 is 13.5 Å². The molecule has 0 saturated carbocycles. The lowest BCUT2D eigenvalue weighted by molar-refractivity contribution is 0.0226. The topological polar surface area (TPSA) is 9.23 Å². The molecule has 0 atom stereocenters. The predicted molar refractivity (Wildman–Crippen MR) is 47.3 cm³/mol. The molecule has 0 saturated heterocycles. The summed E-state index contributed by atoms with van der Waals surface area (Å²) in [6.07, 6.45) is -0.246. The average molecular weight is 186 g/mol. The molecule has 0 heterocycles. The van der Waals surface area contributed by atoms with Crippen LogP contribution in [0.15, 0.2) is 24.3 Å². The van der Waals surface area contributed by atoms with Crippen LogP contribution in [0.5, 0.6) is 5.75 Å². The van der Waals surface area contributed by atoms with Crippen LogP contribution in [0, 0.1) is 0 Å². The first-order valence-corrected chi connectivity index (χ1v) is 4.02. The molecule has 72 valence electrons. The molecule has 0 unspecified atom stereocenters. The molecule has 0 amide bonds. The Morgan fingerprint density at radius 1 is 1.38 bits per heavy atom. The number of hydrogen-bond acceptors (Lipinski definition) is 1. The second kappa shape index (κ2) is 3.73. The summed E-state index contributed by atoms with van der Waals surface area (Å²) in [5.74, 6) is -2.05. The number of benzene rings is 1. The molecule has 0 radical (unpaired) electrons. The Bertz CT molecular complexity index is 278. The summed E-state index contributed by atoms with van der Waals surface area (Å²) in [5, 5.41) is 0. The van der Waals surface area contributed by atoms with Gasteiger partial charge in [-0.25, -0.2) is 8.78 Å². The number of hydrogen-bond donors (Lipinski definition) is 0. The van der Waals surface area contributed by atoms with Crippen LogP contribution in [-0.4, -0.2) is 13.0 Å². The van der Waals surface area contributed by atoms with E-state index in [1.807, 2.05) is 0 Å². The van der Waals surface area contributed by atoms with Gasteiger partial charge in [-0.05, 0) is 24.6 Å². The van der Waals surface area contributed by atoms with Crippen LogP contribution in [-0.2, 0) is 6.42 Å². The fourth-order valence-corrected chi connectivity index (χ4v) is 1.14.